The number of Topliss-reactive ketones (excluding diaryl/α,β-unsaturated/α-hetero) is 1. The molecule has 0 aliphatic rings. The molecule has 0 aliphatic heterocycles. The van der Waals surface area contributed by atoms with Gasteiger partial charge in [-0.15, -0.1) is 0 Å². The standard InChI is InChI=1S/C9H8ClIO/c1-6(12)5-7-3-2-4-8(11)9(7)10/h2-4H,5H2,1H3. The van der Waals surface area contributed by atoms with Gasteiger partial charge >= 0.3 is 0 Å². The summed E-state index contributed by atoms with van der Waals surface area (Å²) in [5.74, 6) is 0.138. The maximum Gasteiger partial charge on any atom is 0.134 e. The number of hydrogen-bond donors (Lipinski definition) is 0. The molecule has 0 aliphatic carbocycles. The van der Waals surface area contributed by atoms with Crippen LogP contribution in [0.15, 0.2) is 18.2 Å². The van der Waals surface area contributed by atoms with Crippen molar-refractivity contribution >= 4 is 40.0 Å². The lowest BCUT2D eigenvalue weighted by Gasteiger charge is -2.02. The van der Waals surface area contributed by atoms with Crippen molar-refractivity contribution in [1.29, 1.82) is 0 Å². The Morgan fingerprint density at radius 2 is 2.25 bits per heavy atom. The van der Waals surface area contributed by atoms with E-state index in [4.69, 9.17) is 11.6 Å². The Balaban J connectivity index is 3.00. The maximum absolute atomic E-state index is 10.8. The Morgan fingerprint density at radius 1 is 1.58 bits per heavy atom. The lowest BCUT2D eigenvalue weighted by atomic mass is 10.1. The summed E-state index contributed by atoms with van der Waals surface area (Å²) in [6.45, 7) is 1.57. The molecule has 0 amide bonds. The summed E-state index contributed by atoms with van der Waals surface area (Å²) in [4.78, 5) is 10.8. The topological polar surface area (TPSA) is 17.1 Å². The van der Waals surface area contributed by atoms with Gasteiger partial charge < -0.3 is 0 Å². The highest BCUT2D eigenvalue weighted by molar-refractivity contribution is 14.1. The molecule has 0 unspecified atom stereocenters. The molecule has 0 saturated carbocycles. The van der Waals surface area contributed by atoms with Crippen molar-refractivity contribution in [2.24, 2.45) is 0 Å². The number of carbonyl (C=O) groups is 1. The van der Waals surface area contributed by atoms with Crippen LogP contribution in [0.2, 0.25) is 5.02 Å². The monoisotopic (exact) mass is 294 g/mol. The van der Waals surface area contributed by atoms with Crippen LogP contribution >= 0.6 is 34.2 Å². The molecular formula is C9H8ClIO. The van der Waals surface area contributed by atoms with Gasteiger partial charge in [-0.1, -0.05) is 23.7 Å². The zero-order valence-corrected chi connectivity index (χ0v) is 9.52. The summed E-state index contributed by atoms with van der Waals surface area (Å²) in [6, 6.07) is 5.71. The second kappa shape index (κ2) is 4.23. The van der Waals surface area contributed by atoms with E-state index in [1.807, 2.05) is 18.2 Å². The molecule has 0 saturated heterocycles. The molecule has 3 heteroatoms. The molecule has 64 valence electrons. The van der Waals surface area contributed by atoms with Crippen LogP contribution in [0.5, 0.6) is 0 Å². The van der Waals surface area contributed by atoms with Gasteiger partial charge in [0.15, 0.2) is 0 Å². The Bertz CT molecular complexity index is 309. The third-order valence-electron chi connectivity index (χ3n) is 1.47. The molecule has 0 spiro atoms. The first-order valence-electron chi connectivity index (χ1n) is 3.53. The third-order valence-corrected chi connectivity index (χ3v) is 3.14. The minimum atomic E-state index is 0.138. The van der Waals surface area contributed by atoms with E-state index in [2.05, 4.69) is 22.6 Å². The molecule has 0 heterocycles. The molecule has 1 nitrogen and oxygen atoms in total. The average molecular weight is 295 g/mol. The zero-order valence-electron chi connectivity index (χ0n) is 6.60. The van der Waals surface area contributed by atoms with Crippen molar-refractivity contribution in [2.75, 3.05) is 0 Å². The van der Waals surface area contributed by atoms with E-state index in [-0.39, 0.29) is 5.78 Å². The quantitative estimate of drug-likeness (QED) is 0.766. The number of halogens is 2. The first-order valence-corrected chi connectivity index (χ1v) is 4.99. The largest absolute Gasteiger partial charge is 0.300 e. The summed E-state index contributed by atoms with van der Waals surface area (Å²) in [5.41, 5.74) is 0.913. The van der Waals surface area contributed by atoms with Crippen molar-refractivity contribution in [2.45, 2.75) is 13.3 Å². The van der Waals surface area contributed by atoms with Gasteiger partial charge in [-0.05, 0) is 41.1 Å². The Kier molecular flexibility index (Phi) is 3.53. The first-order chi connectivity index (χ1) is 5.61. The van der Waals surface area contributed by atoms with Crippen LogP contribution in [0.3, 0.4) is 0 Å². The number of carbonyl (C=O) groups excluding carboxylic acids is 1. The highest BCUT2D eigenvalue weighted by Gasteiger charge is 2.04. The van der Waals surface area contributed by atoms with E-state index in [1.165, 1.54) is 0 Å². The minimum Gasteiger partial charge on any atom is -0.300 e. The first kappa shape index (κ1) is 9.99. The highest BCUT2D eigenvalue weighted by atomic mass is 127. The van der Waals surface area contributed by atoms with Crippen LogP contribution in [0, 0.1) is 3.57 Å². The molecule has 1 rings (SSSR count). The zero-order chi connectivity index (χ0) is 9.14. The fourth-order valence-electron chi connectivity index (χ4n) is 0.953. The van der Waals surface area contributed by atoms with Crippen molar-refractivity contribution in [3.05, 3.63) is 32.4 Å². The smallest absolute Gasteiger partial charge is 0.134 e. The van der Waals surface area contributed by atoms with Crippen LogP contribution in [0.1, 0.15) is 12.5 Å². The van der Waals surface area contributed by atoms with Crippen LogP contribution in [0.4, 0.5) is 0 Å². The van der Waals surface area contributed by atoms with E-state index < -0.39 is 0 Å². The SMILES string of the molecule is CC(=O)Cc1cccc(I)c1Cl. The van der Waals surface area contributed by atoms with Crippen molar-refractivity contribution in [3.63, 3.8) is 0 Å². The van der Waals surface area contributed by atoms with E-state index in [9.17, 15) is 4.79 Å². The second-order valence-electron chi connectivity index (χ2n) is 2.59. The minimum absolute atomic E-state index is 0.138. The predicted octanol–water partition coefficient (Wildman–Crippen LogP) is 3.08. The summed E-state index contributed by atoms with van der Waals surface area (Å²) >= 11 is 8.13. The molecule has 1 aromatic carbocycles. The van der Waals surface area contributed by atoms with Gasteiger partial charge in [0.2, 0.25) is 0 Å². The molecule has 0 bridgehead atoms. The third kappa shape index (κ3) is 2.45. The van der Waals surface area contributed by atoms with E-state index in [0.29, 0.717) is 11.4 Å². The maximum atomic E-state index is 10.8. The Hall–Kier alpha value is -0.0900. The summed E-state index contributed by atoms with van der Waals surface area (Å²) in [6.07, 6.45) is 0.426. The average Bonchev–Trinajstić information content (AvgIpc) is 1.98. The van der Waals surface area contributed by atoms with Gasteiger partial charge in [-0.3, -0.25) is 4.79 Å². The second-order valence-corrected chi connectivity index (χ2v) is 4.13. The fraction of sp³-hybridized carbons (Fsp3) is 0.222. The van der Waals surface area contributed by atoms with Crippen molar-refractivity contribution < 1.29 is 4.79 Å². The van der Waals surface area contributed by atoms with Gasteiger partial charge in [-0.2, -0.15) is 0 Å². The van der Waals surface area contributed by atoms with Gasteiger partial charge in [0, 0.05) is 9.99 Å². The van der Waals surface area contributed by atoms with Crippen molar-refractivity contribution in [1.82, 2.24) is 0 Å². The number of benzene rings is 1. The van der Waals surface area contributed by atoms with Gasteiger partial charge in [0.25, 0.3) is 0 Å². The molecule has 0 atom stereocenters. The van der Waals surface area contributed by atoms with Gasteiger partial charge in [0.05, 0.1) is 5.02 Å². The fourth-order valence-corrected chi connectivity index (χ4v) is 1.70. The molecule has 1 aromatic rings. The summed E-state index contributed by atoms with van der Waals surface area (Å²) in [5, 5.41) is 0.702. The predicted molar refractivity (Wildman–Crippen MR) is 58.6 cm³/mol. The van der Waals surface area contributed by atoms with Gasteiger partial charge in [0.1, 0.15) is 5.78 Å². The molecule has 0 fully saturated rings. The highest BCUT2D eigenvalue weighted by Crippen LogP contribution is 2.22. The molecule has 0 N–H and O–H groups in total. The lowest BCUT2D eigenvalue weighted by Crippen LogP contribution is -1.97. The lowest BCUT2D eigenvalue weighted by molar-refractivity contribution is -0.116. The summed E-state index contributed by atoms with van der Waals surface area (Å²) in [7, 11) is 0. The molecular weight excluding hydrogens is 286 g/mol. The number of rotatable bonds is 2. The van der Waals surface area contributed by atoms with Crippen LogP contribution in [-0.4, -0.2) is 5.78 Å². The van der Waals surface area contributed by atoms with Crippen LogP contribution in [0.25, 0.3) is 0 Å². The molecule has 0 aromatic heterocycles. The van der Waals surface area contributed by atoms with E-state index >= 15 is 0 Å². The van der Waals surface area contributed by atoms with Gasteiger partial charge in [-0.25, -0.2) is 0 Å². The number of hydrogen-bond acceptors (Lipinski definition) is 1. The van der Waals surface area contributed by atoms with E-state index in [1.54, 1.807) is 6.92 Å². The van der Waals surface area contributed by atoms with Crippen LogP contribution in [-0.2, 0) is 11.2 Å². The summed E-state index contributed by atoms with van der Waals surface area (Å²) < 4.78 is 0.994. The normalized spacial score (nSPS) is 9.92. The van der Waals surface area contributed by atoms with Crippen molar-refractivity contribution in [3.8, 4) is 0 Å². The number of ketones is 1. The Labute approximate surface area is 90.3 Å². The van der Waals surface area contributed by atoms with E-state index in [0.717, 1.165) is 9.13 Å². The Morgan fingerprint density at radius 3 is 2.83 bits per heavy atom. The van der Waals surface area contributed by atoms with Crippen LogP contribution < -0.4 is 0 Å². The molecule has 12 heavy (non-hydrogen) atoms. The molecule has 0 radical (unpaired) electrons.